The molecular formula is C66H84N2O10. The molecule has 9 rings (SSSR count). The molecule has 5 aromatic rings. The number of hydrogen-bond acceptors (Lipinski definition) is 10. The lowest BCUT2D eigenvalue weighted by Crippen LogP contribution is -2.14. The van der Waals surface area contributed by atoms with Gasteiger partial charge in [0.15, 0.2) is 0 Å². The molecule has 0 saturated heterocycles. The van der Waals surface area contributed by atoms with Crippen molar-refractivity contribution in [3.8, 4) is 0 Å². The van der Waals surface area contributed by atoms with E-state index in [1.807, 2.05) is 75.4 Å². The van der Waals surface area contributed by atoms with Crippen LogP contribution >= 0.6 is 0 Å². The Labute approximate surface area is 464 Å². The van der Waals surface area contributed by atoms with Crippen LogP contribution in [0.3, 0.4) is 0 Å². The average molecular weight is 1070 g/mol. The van der Waals surface area contributed by atoms with E-state index in [0.717, 1.165) is 30.3 Å². The smallest absolute Gasteiger partial charge is 0.413 e. The van der Waals surface area contributed by atoms with Gasteiger partial charge in [0, 0.05) is 10.8 Å². The molecule has 4 aliphatic carbocycles. The van der Waals surface area contributed by atoms with Gasteiger partial charge in [-0.25, -0.2) is 4.79 Å². The third kappa shape index (κ3) is 21.4. The van der Waals surface area contributed by atoms with Crippen LogP contribution in [0, 0.1) is 23.7 Å². The molecule has 0 amide bonds. The third-order valence-corrected chi connectivity index (χ3v) is 14.9. The van der Waals surface area contributed by atoms with Crippen molar-refractivity contribution in [2.45, 2.75) is 137 Å². The van der Waals surface area contributed by atoms with E-state index in [-0.39, 0.29) is 54.3 Å². The first-order valence-corrected chi connectivity index (χ1v) is 26.4. The van der Waals surface area contributed by atoms with Gasteiger partial charge in [-0.05, 0) is 104 Å². The number of carbonyl (C=O) groups is 3. The highest BCUT2D eigenvalue weighted by atomic mass is 16.5. The van der Waals surface area contributed by atoms with Crippen molar-refractivity contribution in [2.24, 2.45) is 23.7 Å². The number of benzene rings is 5. The van der Waals surface area contributed by atoms with Gasteiger partial charge in [-0.15, -0.1) is 0 Å². The van der Waals surface area contributed by atoms with E-state index >= 15 is 0 Å². The number of ether oxygens (including phenoxy) is 3. The van der Waals surface area contributed by atoms with Crippen LogP contribution in [0.15, 0.2) is 158 Å². The summed E-state index contributed by atoms with van der Waals surface area (Å²) in [6, 6.07) is 52.3. The fourth-order valence-electron chi connectivity index (χ4n) is 9.57. The predicted octanol–water partition coefficient (Wildman–Crippen LogP) is 13.8. The van der Waals surface area contributed by atoms with Crippen molar-refractivity contribution in [3.05, 3.63) is 192 Å². The minimum absolute atomic E-state index is 0. The lowest BCUT2D eigenvalue weighted by Gasteiger charge is -2.10. The normalized spacial score (nSPS) is 23.2. The summed E-state index contributed by atoms with van der Waals surface area (Å²) < 4.78 is 14.4. The SMILES string of the molecule is C.C=C(C)c1ccccc1.CCOC(=O)C=[N+]=[N-].CCOC(=O)[C@@H]1C[C@@]1(C)c1ccccc1.CCOC(=O)[C@@H]1C[C@]1(C)c1ccccc1.CC[C@H]1C[C@@]1(C)c1ccccc1.CC[C@H]1C[C@]1(C)c1ccccc1.O=C=O.O=C=O. The minimum Gasteiger partial charge on any atom is -0.466 e. The predicted molar refractivity (Wildman–Crippen MR) is 306 cm³/mol. The van der Waals surface area contributed by atoms with Crippen molar-refractivity contribution in [2.75, 3.05) is 19.8 Å². The summed E-state index contributed by atoms with van der Waals surface area (Å²) in [5, 5.41) is 0. The van der Waals surface area contributed by atoms with Gasteiger partial charge in [0.2, 0.25) is 0 Å². The average Bonchev–Trinajstić information content (AvgIpc) is 4.38. The molecule has 0 N–H and O–H groups in total. The molecule has 0 aliphatic heterocycles. The second-order valence-corrected chi connectivity index (χ2v) is 20.1. The topological polar surface area (TPSA) is 184 Å². The molecule has 0 bridgehead atoms. The molecular weight excluding hydrogens is 981 g/mol. The van der Waals surface area contributed by atoms with Crippen LogP contribution in [0.2, 0.25) is 0 Å². The first-order chi connectivity index (χ1) is 36.8. The van der Waals surface area contributed by atoms with Crippen LogP contribution in [0.25, 0.3) is 11.1 Å². The molecule has 4 fully saturated rings. The van der Waals surface area contributed by atoms with E-state index in [0.29, 0.717) is 36.9 Å². The summed E-state index contributed by atoms with van der Waals surface area (Å²) in [7, 11) is 0. The summed E-state index contributed by atoms with van der Waals surface area (Å²) in [5.74, 6) is 1.24. The maximum atomic E-state index is 11.6. The Morgan fingerprint density at radius 1 is 0.513 bits per heavy atom. The van der Waals surface area contributed by atoms with Crippen LogP contribution in [-0.4, -0.2) is 61.0 Å². The number of rotatable bonds is 13. The van der Waals surface area contributed by atoms with Gasteiger partial charge in [-0.1, -0.05) is 226 Å². The number of hydrogen-bond donors (Lipinski definition) is 0. The lowest BCUT2D eigenvalue weighted by atomic mass is 9.95. The minimum atomic E-state index is -0.630. The molecule has 5 aromatic carbocycles. The maximum absolute atomic E-state index is 11.6. The van der Waals surface area contributed by atoms with Crippen molar-refractivity contribution in [1.82, 2.24) is 0 Å². The Morgan fingerprint density at radius 3 is 1.00 bits per heavy atom. The zero-order valence-electron chi connectivity index (χ0n) is 46.9. The highest BCUT2D eigenvalue weighted by Gasteiger charge is 2.57. The largest absolute Gasteiger partial charge is 0.466 e. The molecule has 0 spiro atoms. The Kier molecular flexibility index (Phi) is 30.6. The fourth-order valence-corrected chi connectivity index (χ4v) is 9.57. The second-order valence-electron chi connectivity index (χ2n) is 20.1. The summed E-state index contributed by atoms with van der Waals surface area (Å²) in [5.41, 5.74) is 16.6. The van der Waals surface area contributed by atoms with Gasteiger partial charge in [0.1, 0.15) is 0 Å². The fraction of sp³-hybridized carbons (Fsp3) is 0.424. The van der Waals surface area contributed by atoms with Crippen LogP contribution in [0.5, 0.6) is 0 Å². The molecule has 78 heavy (non-hydrogen) atoms. The molecule has 8 atom stereocenters. The van der Waals surface area contributed by atoms with Gasteiger partial charge in [-0.3, -0.25) is 9.59 Å². The van der Waals surface area contributed by atoms with E-state index in [9.17, 15) is 14.4 Å². The van der Waals surface area contributed by atoms with Gasteiger partial charge < -0.3 is 19.7 Å². The van der Waals surface area contributed by atoms with Crippen molar-refractivity contribution < 1.29 is 52.6 Å². The molecule has 0 radical (unpaired) electrons. The quantitative estimate of drug-likeness (QED) is 0.0361. The molecule has 12 heteroatoms. The summed E-state index contributed by atoms with van der Waals surface area (Å²) >= 11 is 0. The lowest BCUT2D eigenvalue weighted by molar-refractivity contribution is -0.193. The molecule has 4 aliphatic rings. The Hall–Kier alpha value is -7.61. The first-order valence-electron chi connectivity index (χ1n) is 26.4. The van der Waals surface area contributed by atoms with Crippen molar-refractivity contribution in [3.63, 3.8) is 0 Å². The maximum Gasteiger partial charge on any atom is 0.413 e. The molecule has 12 nitrogen and oxygen atoms in total. The zero-order valence-corrected chi connectivity index (χ0v) is 46.9. The number of nitrogens with zero attached hydrogens (tertiary/aromatic N) is 2. The zero-order chi connectivity index (χ0) is 57.5. The number of carbonyl (C=O) groups excluding carboxylic acids is 7. The number of allylic oxidation sites excluding steroid dienone is 1. The van der Waals surface area contributed by atoms with Crippen LogP contribution in [-0.2, 0) is 69.4 Å². The van der Waals surface area contributed by atoms with E-state index < -0.39 is 5.97 Å². The first kappa shape index (κ1) is 68.4. The van der Waals surface area contributed by atoms with E-state index in [1.54, 1.807) is 6.92 Å². The Balaban J connectivity index is 0.000000462. The van der Waals surface area contributed by atoms with E-state index in [2.05, 4.69) is 155 Å². The highest BCUT2D eigenvalue weighted by molar-refractivity contribution is 6.20. The monoisotopic (exact) mass is 1060 g/mol. The Morgan fingerprint density at radius 2 is 0.782 bits per heavy atom. The molecule has 0 heterocycles. The summed E-state index contributed by atoms with van der Waals surface area (Å²) in [6.07, 6.45) is 8.44. The molecule has 4 saturated carbocycles. The van der Waals surface area contributed by atoms with Gasteiger partial charge in [0.25, 0.3) is 0 Å². The number of esters is 3. The third-order valence-electron chi connectivity index (χ3n) is 14.9. The van der Waals surface area contributed by atoms with Crippen LogP contribution in [0.1, 0.15) is 143 Å². The van der Waals surface area contributed by atoms with Crippen molar-refractivity contribution in [1.29, 1.82) is 0 Å². The summed E-state index contributed by atoms with van der Waals surface area (Å²) in [4.78, 5) is 68.2. The molecule has 0 aromatic heterocycles. The van der Waals surface area contributed by atoms with E-state index in [4.69, 9.17) is 34.2 Å². The highest BCUT2D eigenvalue weighted by Crippen LogP contribution is 2.57. The van der Waals surface area contributed by atoms with Crippen LogP contribution in [0.4, 0.5) is 0 Å². The second kappa shape index (κ2) is 34.9. The van der Waals surface area contributed by atoms with Gasteiger partial charge in [-0.2, -0.15) is 24.0 Å². The molecule has 0 unspecified atom stereocenters. The van der Waals surface area contributed by atoms with Crippen molar-refractivity contribution >= 4 is 42.0 Å². The van der Waals surface area contributed by atoms with Gasteiger partial charge >= 0.3 is 36.4 Å². The van der Waals surface area contributed by atoms with E-state index in [1.165, 1.54) is 53.5 Å². The standard InChI is InChI=1S/2C13H16O2.2C12H16.C9H10.C4H6N2O2.2CO2.CH4/c2*1-3-15-12(14)11-9-13(11,2)10-7-5-4-6-8-10;2*1-3-10-9-12(10,2)11-7-5-4-6-8-11;1-8(2)9-6-4-3-5-7-9;1-2-8-4(7)3-6-5;2*2-1-3;/h2*4-8,11H,3,9H2,1-2H3;2*4-8,10H,3,9H2,1-2H3;3-7H,1H2,2H3;3H,2H2,1H3;;;1H4/t11-,13+;11-,13-;10-,12+;10-,12-;;;;;/m0000...../s1. The Bertz CT molecular complexity index is 2520. The summed E-state index contributed by atoms with van der Waals surface area (Å²) in [6.45, 7) is 26.1. The molecule has 418 valence electrons. The van der Waals surface area contributed by atoms with Gasteiger partial charge in [0.05, 0.1) is 31.7 Å². The van der Waals surface area contributed by atoms with Crippen LogP contribution < -0.4 is 0 Å².